The molecule has 3 aromatic rings. The van der Waals surface area contributed by atoms with Crippen LogP contribution in [0.5, 0.6) is 0 Å². The Morgan fingerprint density at radius 1 is 0.781 bits per heavy atom. The number of hydrogen-bond donors (Lipinski definition) is 2. The van der Waals surface area contributed by atoms with Crippen molar-refractivity contribution in [2.24, 2.45) is 0 Å². The first kappa shape index (κ1) is 22.9. The summed E-state index contributed by atoms with van der Waals surface area (Å²) in [5, 5.41) is 12.2. The van der Waals surface area contributed by atoms with Crippen molar-refractivity contribution in [2.75, 3.05) is 0 Å². The van der Waals surface area contributed by atoms with E-state index < -0.39 is 23.3 Å². The minimum atomic E-state index is -1.15. The van der Waals surface area contributed by atoms with Crippen LogP contribution in [0.2, 0.25) is 0 Å². The van der Waals surface area contributed by atoms with Gasteiger partial charge in [0.05, 0.1) is 5.41 Å². The Hall–Kier alpha value is -3.73. The van der Waals surface area contributed by atoms with Crippen LogP contribution in [0.15, 0.2) is 91.0 Å². The maximum atomic E-state index is 13.3. The topological polar surface area (TPSA) is 83.5 Å². The summed E-state index contributed by atoms with van der Waals surface area (Å²) in [5.41, 5.74) is 1.99. The number of aliphatic carboxylic acids is 1. The van der Waals surface area contributed by atoms with Crippen LogP contribution < -0.4 is 5.32 Å². The number of nitrogens with one attached hydrogen (secondary N) is 1. The summed E-state index contributed by atoms with van der Waals surface area (Å²) in [6.45, 7) is 1.41. The zero-order valence-corrected chi connectivity index (χ0v) is 18.0. The molecule has 3 aromatic carbocycles. The molecule has 32 heavy (non-hydrogen) atoms. The van der Waals surface area contributed by atoms with Gasteiger partial charge >= 0.3 is 5.97 Å². The SMILES string of the molecule is CC(=O)CC[C@H](NC(=O)CC(c1ccccc1)(c1ccccc1)c1ccccc1)C(=O)O. The fourth-order valence-corrected chi connectivity index (χ4v) is 4.07. The van der Waals surface area contributed by atoms with Crippen molar-refractivity contribution in [3.05, 3.63) is 108 Å². The van der Waals surface area contributed by atoms with Crippen molar-refractivity contribution in [2.45, 2.75) is 37.6 Å². The number of ketones is 1. The molecule has 0 radical (unpaired) electrons. The number of amides is 1. The van der Waals surface area contributed by atoms with Gasteiger partial charge in [-0.25, -0.2) is 4.79 Å². The van der Waals surface area contributed by atoms with Gasteiger partial charge in [-0.05, 0) is 30.0 Å². The van der Waals surface area contributed by atoms with Crippen LogP contribution in [0.3, 0.4) is 0 Å². The lowest BCUT2D eigenvalue weighted by atomic mass is 9.67. The number of carboxylic acid groups (broad SMARTS) is 1. The molecule has 2 N–H and O–H groups in total. The Balaban J connectivity index is 2.06. The van der Waals surface area contributed by atoms with Crippen LogP contribution in [0.25, 0.3) is 0 Å². The minimum absolute atomic E-state index is 0.0227. The first-order valence-corrected chi connectivity index (χ1v) is 10.6. The molecule has 5 nitrogen and oxygen atoms in total. The molecule has 0 saturated heterocycles. The zero-order chi connectivity index (χ0) is 23.0. The van der Waals surface area contributed by atoms with E-state index in [4.69, 9.17) is 0 Å². The minimum Gasteiger partial charge on any atom is -0.480 e. The number of carboxylic acids is 1. The van der Waals surface area contributed by atoms with Crippen molar-refractivity contribution in [3.63, 3.8) is 0 Å². The number of Topliss-reactive ketones (excluding diaryl/α,β-unsaturated/α-hetero) is 1. The van der Waals surface area contributed by atoms with Gasteiger partial charge < -0.3 is 15.2 Å². The van der Waals surface area contributed by atoms with Gasteiger partial charge in [-0.15, -0.1) is 0 Å². The van der Waals surface area contributed by atoms with E-state index >= 15 is 0 Å². The maximum Gasteiger partial charge on any atom is 0.326 e. The van der Waals surface area contributed by atoms with Crippen molar-refractivity contribution >= 4 is 17.7 Å². The molecule has 5 heteroatoms. The van der Waals surface area contributed by atoms with Crippen LogP contribution in [0.1, 0.15) is 42.9 Å². The molecule has 3 rings (SSSR count). The van der Waals surface area contributed by atoms with Crippen LogP contribution in [-0.4, -0.2) is 28.8 Å². The Labute approximate surface area is 188 Å². The average molecular weight is 430 g/mol. The van der Waals surface area contributed by atoms with Crippen LogP contribution in [-0.2, 0) is 19.8 Å². The summed E-state index contributed by atoms with van der Waals surface area (Å²) in [7, 11) is 0. The molecule has 164 valence electrons. The number of rotatable bonds is 10. The predicted molar refractivity (Wildman–Crippen MR) is 123 cm³/mol. The number of benzene rings is 3. The molecular weight excluding hydrogens is 402 g/mol. The number of carbonyl (C=O) groups is 3. The van der Waals surface area contributed by atoms with Gasteiger partial charge in [-0.1, -0.05) is 91.0 Å². The molecule has 1 atom stereocenters. The summed E-state index contributed by atoms with van der Waals surface area (Å²) >= 11 is 0. The molecule has 0 aliphatic rings. The van der Waals surface area contributed by atoms with Gasteiger partial charge in [0.25, 0.3) is 0 Å². The van der Waals surface area contributed by atoms with E-state index in [9.17, 15) is 19.5 Å². The summed E-state index contributed by atoms with van der Waals surface area (Å²) in [6.07, 6.45) is 0.179. The van der Waals surface area contributed by atoms with E-state index in [2.05, 4.69) is 5.32 Å². The van der Waals surface area contributed by atoms with Crippen LogP contribution >= 0.6 is 0 Å². The molecule has 0 saturated carbocycles. The summed E-state index contributed by atoms with van der Waals surface area (Å²) in [4.78, 5) is 36.3. The predicted octanol–water partition coefficient (Wildman–Crippen LogP) is 4.35. The fourth-order valence-electron chi connectivity index (χ4n) is 4.07. The smallest absolute Gasteiger partial charge is 0.326 e. The van der Waals surface area contributed by atoms with E-state index in [1.165, 1.54) is 6.92 Å². The quantitative estimate of drug-likeness (QED) is 0.470. The van der Waals surface area contributed by atoms with Crippen molar-refractivity contribution in [1.82, 2.24) is 5.32 Å². The van der Waals surface area contributed by atoms with Gasteiger partial charge in [0.15, 0.2) is 0 Å². The van der Waals surface area contributed by atoms with Crippen molar-refractivity contribution in [1.29, 1.82) is 0 Å². The Morgan fingerprint density at radius 3 is 1.53 bits per heavy atom. The van der Waals surface area contributed by atoms with Crippen molar-refractivity contribution in [3.8, 4) is 0 Å². The van der Waals surface area contributed by atoms with Crippen LogP contribution in [0.4, 0.5) is 0 Å². The average Bonchev–Trinajstić information content (AvgIpc) is 2.81. The molecule has 0 aliphatic carbocycles. The van der Waals surface area contributed by atoms with E-state index in [0.29, 0.717) is 0 Å². The zero-order valence-electron chi connectivity index (χ0n) is 18.0. The molecule has 0 heterocycles. The molecule has 0 fully saturated rings. The first-order valence-electron chi connectivity index (χ1n) is 10.6. The van der Waals surface area contributed by atoms with E-state index in [0.717, 1.165) is 16.7 Å². The number of hydrogen-bond acceptors (Lipinski definition) is 3. The van der Waals surface area contributed by atoms with Crippen molar-refractivity contribution < 1.29 is 19.5 Å². The lowest BCUT2D eigenvalue weighted by Gasteiger charge is -2.36. The standard InChI is InChI=1S/C27H27NO4/c1-20(29)17-18-24(26(31)32)28-25(30)19-27(21-11-5-2-6-12-21,22-13-7-3-8-14-22)23-15-9-4-10-16-23/h2-16,24H,17-19H2,1H3,(H,28,30)(H,31,32)/t24-/m0/s1. The first-order chi connectivity index (χ1) is 15.4. The van der Waals surface area contributed by atoms with Gasteiger partial charge in [0.1, 0.15) is 11.8 Å². The van der Waals surface area contributed by atoms with E-state index in [1.54, 1.807) is 0 Å². The van der Waals surface area contributed by atoms with E-state index in [1.807, 2.05) is 91.0 Å². The Morgan fingerprint density at radius 2 is 1.19 bits per heavy atom. The highest BCUT2D eigenvalue weighted by Crippen LogP contribution is 2.42. The second kappa shape index (κ2) is 10.5. The van der Waals surface area contributed by atoms with E-state index in [-0.39, 0.29) is 25.0 Å². The highest BCUT2D eigenvalue weighted by molar-refractivity contribution is 5.86. The lowest BCUT2D eigenvalue weighted by molar-refractivity contribution is -0.142. The summed E-state index contributed by atoms with van der Waals surface area (Å²) in [5.74, 6) is -1.65. The van der Waals surface area contributed by atoms with Gasteiger partial charge in [-0.2, -0.15) is 0 Å². The summed E-state index contributed by atoms with van der Waals surface area (Å²) < 4.78 is 0. The molecule has 0 aromatic heterocycles. The Bertz CT molecular complexity index is 952. The third-order valence-corrected chi connectivity index (χ3v) is 5.64. The van der Waals surface area contributed by atoms with Gasteiger partial charge in [-0.3, -0.25) is 4.79 Å². The second-order valence-electron chi connectivity index (χ2n) is 7.88. The van der Waals surface area contributed by atoms with Gasteiger partial charge in [0, 0.05) is 12.8 Å². The molecule has 0 unspecified atom stereocenters. The maximum absolute atomic E-state index is 13.3. The molecule has 0 bridgehead atoms. The van der Waals surface area contributed by atoms with Crippen LogP contribution in [0, 0.1) is 0 Å². The molecular formula is C27H27NO4. The number of carbonyl (C=O) groups excluding carboxylic acids is 2. The second-order valence-corrected chi connectivity index (χ2v) is 7.88. The van der Waals surface area contributed by atoms with Gasteiger partial charge in [0.2, 0.25) is 5.91 Å². The molecule has 1 amide bonds. The highest BCUT2D eigenvalue weighted by Gasteiger charge is 2.39. The largest absolute Gasteiger partial charge is 0.480 e. The Kier molecular flexibility index (Phi) is 7.55. The molecule has 0 spiro atoms. The third kappa shape index (κ3) is 5.30. The third-order valence-electron chi connectivity index (χ3n) is 5.64. The highest BCUT2D eigenvalue weighted by atomic mass is 16.4. The summed E-state index contributed by atoms with van der Waals surface area (Å²) in [6, 6.07) is 28.1. The molecule has 0 aliphatic heterocycles. The monoisotopic (exact) mass is 429 g/mol. The normalized spacial score (nSPS) is 12.0. The lowest BCUT2D eigenvalue weighted by Crippen LogP contribution is -2.44. The fraction of sp³-hybridized carbons (Fsp3) is 0.222.